The van der Waals surface area contributed by atoms with Crippen LogP contribution in [0.5, 0.6) is 0 Å². The van der Waals surface area contributed by atoms with Crippen molar-refractivity contribution in [3.05, 3.63) is 35.2 Å². The molecule has 2 nitrogen and oxygen atoms in total. The predicted octanol–water partition coefficient (Wildman–Crippen LogP) is 4.25. The molecule has 2 aromatic rings. The fourth-order valence-electron chi connectivity index (χ4n) is 3.25. The van der Waals surface area contributed by atoms with Crippen LogP contribution in [0, 0.1) is 0 Å². The van der Waals surface area contributed by atoms with Crippen LogP contribution in [0.3, 0.4) is 0 Å². The number of nitrogens with zero attached hydrogens (tertiary/aromatic N) is 1. The van der Waals surface area contributed by atoms with Gasteiger partial charge in [-0.05, 0) is 41.8 Å². The average molecular weight is 302 g/mol. The predicted molar refractivity (Wildman–Crippen MR) is 93.0 cm³/mol. The van der Waals surface area contributed by atoms with Crippen molar-refractivity contribution in [2.75, 3.05) is 13.1 Å². The third-order valence-corrected chi connectivity index (χ3v) is 5.46. The fraction of sp³-hybridized carbons (Fsp3) is 0.556. The molecule has 1 aromatic carbocycles. The van der Waals surface area contributed by atoms with Gasteiger partial charge in [-0.3, -0.25) is 4.90 Å². The molecule has 1 aromatic heterocycles. The molecule has 0 radical (unpaired) electrons. The SMILES string of the molecule is CC(C)NCC1CCCCN1Cc1csc2ccccc12. The molecule has 3 heteroatoms. The van der Waals surface area contributed by atoms with E-state index in [1.54, 1.807) is 0 Å². The van der Waals surface area contributed by atoms with Gasteiger partial charge in [0, 0.05) is 29.9 Å². The van der Waals surface area contributed by atoms with E-state index in [1.807, 2.05) is 11.3 Å². The van der Waals surface area contributed by atoms with Crippen molar-refractivity contribution in [2.24, 2.45) is 0 Å². The molecule has 0 amide bonds. The molecule has 3 rings (SSSR count). The molecule has 1 saturated heterocycles. The summed E-state index contributed by atoms with van der Waals surface area (Å²) < 4.78 is 1.42. The molecule has 1 fully saturated rings. The summed E-state index contributed by atoms with van der Waals surface area (Å²) in [4.78, 5) is 2.69. The number of hydrogen-bond acceptors (Lipinski definition) is 3. The number of hydrogen-bond donors (Lipinski definition) is 1. The third kappa shape index (κ3) is 3.65. The van der Waals surface area contributed by atoms with Crippen molar-refractivity contribution < 1.29 is 0 Å². The Bertz CT molecular complexity index is 575. The first-order valence-corrected chi connectivity index (χ1v) is 9.04. The van der Waals surface area contributed by atoms with Gasteiger partial charge in [0.05, 0.1) is 0 Å². The maximum absolute atomic E-state index is 3.62. The number of benzene rings is 1. The first kappa shape index (κ1) is 15.0. The van der Waals surface area contributed by atoms with Gasteiger partial charge in [-0.1, -0.05) is 38.5 Å². The lowest BCUT2D eigenvalue weighted by atomic mass is 10.0. The van der Waals surface area contributed by atoms with E-state index >= 15 is 0 Å². The summed E-state index contributed by atoms with van der Waals surface area (Å²) in [6.45, 7) is 7.95. The summed E-state index contributed by atoms with van der Waals surface area (Å²) in [5.74, 6) is 0. The van der Waals surface area contributed by atoms with Crippen molar-refractivity contribution in [3.63, 3.8) is 0 Å². The minimum atomic E-state index is 0.579. The summed E-state index contributed by atoms with van der Waals surface area (Å²) in [6, 6.07) is 10.1. The highest BCUT2D eigenvalue weighted by molar-refractivity contribution is 7.17. The van der Waals surface area contributed by atoms with Gasteiger partial charge >= 0.3 is 0 Å². The van der Waals surface area contributed by atoms with E-state index in [4.69, 9.17) is 0 Å². The van der Waals surface area contributed by atoms with Crippen LogP contribution in [0.1, 0.15) is 38.7 Å². The minimum absolute atomic E-state index is 0.579. The van der Waals surface area contributed by atoms with E-state index in [-0.39, 0.29) is 0 Å². The van der Waals surface area contributed by atoms with Crippen LogP contribution < -0.4 is 5.32 Å². The third-order valence-electron chi connectivity index (χ3n) is 4.45. The highest BCUT2D eigenvalue weighted by Crippen LogP contribution is 2.28. The van der Waals surface area contributed by atoms with Crippen LogP contribution in [-0.4, -0.2) is 30.1 Å². The molecule has 0 saturated carbocycles. The Balaban J connectivity index is 1.72. The number of likely N-dealkylation sites (tertiary alicyclic amines) is 1. The topological polar surface area (TPSA) is 15.3 Å². The van der Waals surface area contributed by atoms with E-state index in [2.05, 4.69) is 53.7 Å². The summed E-state index contributed by atoms with van der Waals surface area (Å²) in [5, 5.41) is 7.42. The molecule has 0 bridgehead atoms. The molecule has 0 spiro atoms. The van der Waals surface area contributed by atoms with E-state index in [0.29, 0.717) is 12.1 Å². The van der Waals surface area contributed by atoms with Gasteiger partial charge in [0.25, 0.3) is 0 Å². The monoisotopic (exact) mass is 302 g/mol. The van der Waals surface area contributed by atoms with Gasteiger partial charge in [0.2, 0.25) is 0 Å². The maximum Gasteiger partial charge on any atom is 0.0346 e. The standard InChI is InChI=1S/C18H26N2S/c1-14(2)19-11-16-7-5-6-10-20(16)12-15-13-21-18-9-4-3-8-17(15)18/h3-4,8-9,13-14,16,19H,5-7,10-12H2,1-2H3. The zero-order chi connectivity index (χ0) is 14.7. The Morgan fingerprint density at radius 3 is 3.00 bits per heavy atom. The number of fused-ring (bicyclic) bond motifs is 1. The Kier molecular flexibility index (Phi) is 4.94. The lowest BCUT2D eigenvalue weighted by molar-refractivity contribution is 0.136. The van der Waals surface area contributed by atoms with Crippen molar-refractivity contribution in [1.29, 1.82) is 0 Å². The van der Waals surface area contributed by atoms with Crippen LogP contribution >= 0.6 is 11.3 Å². The van der Waals surface area contributed by atoms with Crippen molar-refractivity contribution in [1.82, 2.24) is 10.2 Å². The molecule has 21 heavy (non-hydrogen) atoms. The van der Waals surface area contributed by atoms with Gasteiger partial charge in [-0.15, -0.1) is 11.3 Å². The lowest BCUT2D eigenvalue weighted by Crippen LogP contribution is -2.46. The van der Waals surface area contributed by atoms with Crippen LogP contribution in [0.25, 0.3) is 10.1 Å². The summed E-state index contributed by atoms with van der Waals surface area (Å²) in [7, 11) is 0. The van der Waals surface area contributed by atoms with E-state index in [9.17, 15) is 0 Å². The Morgan fingerprint density at radius 2 is 2.14 bits per heavy atom. The van der Waals surface area contributed by atoms with Crippen LogP contribution in [0.2, 0.25) is 0 Å². The normalized spacial score (nSPS) is 20.4. The van der Waals surface area contributed by atoms with E-state index in [0.717, 1.165) is 13.1 Å². The zero-order valence-corrected chi connectivity index (χ0v) is 14.0. The molecule has 1 aliphatic heterocycles. The minimum Gasteiger partial charge on any atom is -0.313 e. The van der Waals surface area contributed by atoms with Crippen molar-refractivity contribution in [3.8, 4) is 0 Å². The number of nitrogens with one attached hydrogen (secondary N) is 1. The highest BCUT2D eigenvalue weighted by Gasteiger charge is 2.23. The van der Waals surface area contributed by atoms with Crippen LogP contribution in [-0.2, 0) is 6.54 Å². The summed E-state index contributed by atoms with van der Waals surface area (Å²) in [5.41, 5.74) is 1.51. The second-order valence-electron chi connectivity index (χ2n) is 6.44. The van der Waals surface area contributed by atoms with Crippen molar-refractivity contribution in [2.45, 2.75) is 51.7 Å². The van der Waals surface area contributed by atoms with Crippen LogP contribution in [0.15, 0.2) is 29.6 Å². The number of thiophene rings is 1. The molecular weight excluding hydrogens is 276 g/mol. The average Bonchev–Trinajstić information content (AvgIpc) is 2.90. The van der Waals surface area contributed by atoms with Gasteiger partial charge < -0.3 is 5.32 Å². The van der Waals surface area contributed by atoms with Gasteiger partial charge in [0.15, 0.2) is 0 Å². The largest absolute Gasteiger partial charge is 0.313 e. The van der Waals surface area contributed by atoms with E-state index in [1.165, 1.54) is 41.5 Å². The second kappa shape index (κ2) is 6.91. The van der Waals surface area contributed by atoms with Gasteiger partial charge in [-0.25, -0.2) is 0 Å². The molecule has 1 N–H and O–H groups in total. The number of rotatable bonds is 5. The quantitative estimate of drug-likeness (QED) is 0.888. The Labute approximate surface area is 132 Å². The smallest absolute Gasteiger partial charge is 0.0346 e. The maximum atomic E-state index is 3.62. The first-order valence-electron chi connectivity index (χ1n) is 8.16. The highest BCUT2D eigenvalue weighted by atomic mass is 32.1. The van der Waals surface area contributed by atoms with Crippen molar-refractivity contribution >= 4 is 21.4 Å². The lowest BCUT2D eigenvalue weighted by Gasteiger charge is -2.36. The summed E-state index contributed by atoms with van der Waals surface area (Å²) >= 11 is 1.88. The molecule has 2 heterocycles. The molecule has 1 aliphatic rings. The van der Waals surface area contributed by atoms with Gasteiger partial charge in [-0.2, -0.15) is 0 Å². The molecule has 0 aliphatic carbocycles. The Morgan fingerprint density at radius 1 is 1.29 bits per heavy atom. The molecule has 114 valence electrons. The molecule has 1 atom stereocenters. The van der Waals surface area contributed by atoms with Gasteiger partial charge in [0.1, 0.15) is 0 Å². The second-order valence-corrected chi connectivity index (χ2v) is 7.35. The van der Waals surface area contributed by atoms with E-state index < -0.39 is 0 Å². The Hall–Kier alpha value is -0.900. The molecule has 1 unspecified atom stereocenters. The first-order chi connectivity index (χ1) is 10.2. The fourth-order valence-corrected chi connectivity index (χ4v) is 4.20. The zero-order valence-electron chi connectivity index (χ0n) is 13.1. The molecular formula is C18H26N2S. The van der Waals surface area contributed by atoms with Crippen LogP contribution in [0.4, 0.5) is 0 Å². The summed E-state index contributed by atoms with van der Waals surface area (Å²) in [6.07, 6.45) is 4.06. The number of piperidine rings is 1.